The molecule has 2 N–H and O–H groups in total. The van der Waals surface area contributed by atoms with Crippen molar-refractivity contribution < 1.29 is 14.3 Å². The van der Waals surface area contributed by atoms with Crippen LogP contribution in [0.3, 0.4) is 0 Å². The van der Waals surface area contributed by atoms with E-state index in [-0.39, 0.29) is 24.3 Å². The predicted molar refractivity (Wildman–Crippen MR) is 87.0 cm³/mol. The number of anilines is 1. The van der Waals surface area contributed by atoms with Gasteiger partial charge in [0.1, 0.15) is 18.6 Å². The van der Waals surface area contributed by atoms with Crippen LogP contribution >= 0.6 is 11.6 Å². The van der Waals surface area contributed by atoms with Gasteiger partial charge in [-0.15, -0.1) is 5.10 Å². The Balaban J connectivity index is 1.72. The van der Waals surface area contributed by atoms with E-state index in [1.54, 1.807) is 18.2 Å². The largest absolute Gasteiger partial charge is 0.493 e. The molecular formula is C15H16ClN5O3. The quantitative estimate of drug-likeness (QED) is 0.863. The lowest BCUT2D eigenvalue weighted by molar-refractivity contribution is -0.121. The third-order valence-electron chi connectivity index (χ3n) is 3.68. The highest BCUT2D eigenvalue weighted by Crippen LogP contribution is 2.36. The molecule has 0 spiro atoms. The van der Waals surface area contributed by atoms with Crippen molar-refractivity contribution >= 4 is 29.4 Å². The first-order chi connectivity index (χ1) is 11.6. The molecule has 9 heteroatoms. The number of fused-ring (bicyclic) bond motifs is 1. The van der Waals surface area contributed by atoms with E-state index in [1.165, 1.54) is 18.1 Å². The van der Waals surface area contributed by atoms with Crippen LogP contribution in [0.2, 0.25) is 5.02 Å². The highest BCUT2D eigenvalue weighted by molar-refractivity contribution is 6.30. The zero-order valence-corrected chi connectivity index (χ0v) is 13.7. The third kappa shape index (κ3) is 3.48. The van der Waals surface area contributed by atoms with Crippen LogP contribution in [0.4, 0.5) is 5.95 Å². The van der Waals surface area contributed by atoms with Gasteiger partial charge in [0.15, 0.2) is 0 Å². The predicted octanol–water partition coefficient (Wildman–Crippen LogP) is 1.18. The Labute approximate surface area is 143 Å². The number of likely N-dealkylation sites (N-methyl/N-ethyl adjacent to an activating group) is 1. The fraction of sp³-hybridized carbons (Fsp3) is 0.333. The van der Waals surface area contributed by atoms with Gasteiger partial charge in [-0.25, -0.2) is 9.67 Å². The zero-order chi connectivity index (χ0) is 17.1. The molecule has 8 nitrogen and oxygen atoms in total. The minimum atomic E-state index is -0.390. The summed E-state index contributed by atoms with van der Waals surface area (Å²) < 4.78 is 6.90. The van der Waals surface area contributed by atoms with Crippen LogP contribution < -0.4 is 15.4 Å². The van der Waals surface area contributed by atoms with E-state index in [9.17, 15) is 9.59 Å². The van der Waals surface area contributed by atoms with Crippen LogP contribution in [0.15, 0.2) is 24.5 Å². The number of aromatic nitrogens is 3. The van der Waals surface area contributed by atoms with Gasteiger partial charge in [-0.3, -0.25) is 14.9 Å². The van der Waals surface area contributed by atoms with Crippen LogP contribution in [0.1, 0.15) is 17.9 Å². The number of carbonyl (C=O) groups excluding carboxylic acids is 2. The molecule has 1 aromatic heterocycles. The number of benzene rings is 1. The molecule has 0 radical (unpaired) electrons. The molecule has 3 rings (SSSR count). The van der Waals surface area contributed by atoms with Crippen molar-refractivity contribution in [2.75, 3.05) is 19.0 Å². The van der Waals surface area contributed by atoms with Gasteiger partial charge >= 0.3 is 0 Å². The number of hydrogen-bond donors (Lipinski definition) is 2. The molecule has 2 heterocycles. The minimum absolute atomic E-state index is 0.0368. The standard InChI is InChI=1S/C15H16ClN5O3/c1-17-13(22)7-21-8-18-15(20-21)19-14(23)10-4-5-24-12-3-2-9(16)6-11(10)12/h2-3,6,8,10H,4-5,7H2,1H3,(H,17,22)(H,19,20,23). The number of carbonyl (C=O) groups is 2. The SMILES string of the molecule is CNC(=O)Cn1cnc(NC(=O)C2CCOc3ccc(Cl)cc32)n1. The molecule has 0 saturated heterocycles. The van der Waals surface area contributed by atoms with Gasteiger partial charge in [0.05, 0.1) is 12.5 Å². The van der Waals surface area contributed by atoms with Crippen molar-refractivity contribution in [2.24, 2.45) is 0 Å². The zero-order valence-electron chi connectivity index (χ0n) is 13.0. The molecule has 0 aliphatic carbocycles. The second kappa shape index (κ2) is 6.88. The van der Waals surface area contributed by atoms with Crippen molar-refractivity contribution in [1.82, 2.24) is 20.1 Å². The summed E-state index contributed by atoms with van der Waals surface area (Å²) in [5.74, 6) is -0.0218. The summed E-state index contributed by atoms with van der Waals surface area (Å²) in [6.45, 7) is 0.486. The molecule has 0 saturated carbocycles. The highest BCUT2D eigenvalue weighted by Gasteiger charge is 2.28. The number of amides is 2. The van der Waals surface area contributed by atoms with Crippen molar-refractivity contribution in [1.29, 1.82) is 0 Å². The first-order valence-corrected chi connectivity index (χ1v) is 7.78. The van der Waals surface area contributed by atoms with E-state index < -0.39 is 5.92 Å². The van der Waals surface area contributed by atoms with Gasteiger partial charge in [0.25, 0.3) is 0 Å². The Morgan fingerprint density at radius 2 is 2.29 bits per heavy atom. The van der Waals surface area contributed by atoms with E-state index in [0.29, 0.717) is 23.8 Å². The third-order valence-corrected chi connectivity index (χ3v) is 3.92. The van der Waals surface area contributed by atoms with E-state index in [4.69, 9.17) is 16.3 Å². The fourth-order valence-electron chi connectivity index (χ4n) is 2.49. The fourth-order valence-corrected chi connectivity index (χ4v) is 2.67. The Hall–Kier alpha value is -2.61. The Morgan fingerprint density at radius 1 is 1.46 bits per heavy atom. The minimum Gasteiger partial charge on any atom is -0.493 e. The monoisotopic (exact) mass is 349 g/mol. The van der Waals surface area contributed by atoms with E-state index in [0.717, 1.165) is 5.56 Å². The lowest BCUT2D eigenvalue weighted by atomic mass is 9.92. The van der Waals surface area contributed by atoms with Crippen molar-refractivity contribution in [3.8, 4) is 5.75 Å². The lowest BCUT2D eigenvalue weighted by Gasteiger charge is -2.24. The average molecular weight is 350 g/mol. The summed E-state index contributed by atoms with van der Waals surface area (Å²) >= 11 is 6.02. The summed E-state index contributed by atoms with van der Waals surface area (Å²) in [6, 6.07) is 5.22. The first kappa shape index (κ1) is 16.3. The number of halogens is 1. The first-order valence-electron chi connectivity index (χ1n) is 7.40. The molecule has 2 amide bonds. The maximum atomic E-state index is 12.6. The molecule has 0 bridgehead atoms. The van der Waals surface area contributed by atoms with Crippen LogP contribution in [-0.2, 0) is 16.1 Å². The second-order valence-corrected chi connectivity index (χ2v) is 5.74. The number of hydrogen-bond acceptors (Lipinski definition) is 5. The second-order valence-electron chi connectivity index (χ2n) is 5.30. The summed E-state index contributed by atoms with van der Waals surface area (Å²) in [7, 11) is 1.54. The van der Waals surface area contributed by atoms with E-state index in [2.05, 4.69) is 20.7 Å². The van der Waals surface area contributed by atoms with Gasteiger partial charge in [0, 0.05) is 17.6 Å². The van der Waals surface area contributed by atoms with E-state index in [1.807, 2.05) is 0 Å². The number of rotatable bonds is 4. The van der Waals surface area contributed by atoms with Crippen LogP contribution in [-0.4, -0.2) is 40.2 Å². The van der Waals surface area contributed by atoms with Gasteiger partial charge in [0.2, 0.25) is 17.8 Å². The summed E-state index contributed by atoms with van der Waals surface area (Å²) in [5, 5.41) is 9.77. The Bertz CT molecular complexity index is 776. The van der Waals surface area contributed by atoms with Gasteiger partial charge in [-0.05, 0) is 24.6 Å². The van der Waals surface area contributed by atoms with Gasteiger partial charge in [-0.2, -0.15) is 0 Å². The molecule has 0 fully saturated rings. The molecule has 1 atom stereocenters. The summed E-state index contributed by atoms with van der Waals surface area (Å²) in [6.07, 6.45) is 1.93. The Morgan fingerprint density at radius 3 is 3.08 bits per heavy atom. The van der Waals surface area contributed by atoms with Crippen molar-refractivity contribution in [2.45, 2.75) is 18.9 Å². The number of nitrogens with one attached hydrogen (secondary N) is 2. The molecule has 1 unspecified atom stereocenters. The number of ether oxygens (including phenoxy) is 1. The number of nitrogens with zero attached hydrogens (tertiary/aromatic N) is 3. The Kier molecular flexibility index (Phi) is 4.66. The smallest absolute Gasteiger partial charge is 0.248 e. The molecule has 1 aliphatic heterocycles. The van der Waals surface area contributed by atoms with E-state index >= 15 is 0 Å². The maximum Gasteiger partial charge on any atom is 0.248 e. The van der Waals surface area contributed by atoms with Crippen LogP contribution in [0, 0.1) is 0 Å². The van der Waals surface area contributed by atoms with Crippen LogP contribution in [0.25, 0.3) is 0 Å². The lowest BCUT2D eigenvalue weighted by Crippen LogP contribution is -2.27. The summed E-state index contributed by atoms with van der Waals surface area (Å²) in [5.41, 5.74) is 0.746. The van der Waals surface area contributed by atoms with Crippen molar-refractivity contribution in [3.63, 3.8) is 0 Å². The average Bonchev–Trinajstić information content (AvgIpc) is 3.00. The molecule has 1 aromatic carbocycles. The maximum absolute atomic E-state index is 12.6. The molecule has 1 aliphatic rings. The molecule has 24 heavy (non-hydrogen) atoms. The molecule has 126 valence electrons. The summed E-state index contributed by atoms with van der Waals surface area (Å²) in [4.78, 5) is 27.9. The topological polar surface area (TPSA) is 98.1 Å². The normalized spacial score (nSPS) is 16.0. The molecular weight excluding hydrogens is 334 g/mol. The highest BCUT2D eigenvalue weighted by atomic mass is 35.5. The van der Waals surface area contributed by atoms with Gasteiger partial charge < -0.3 is 10.1 Å². The van der Waals surface area contributed by atoms with Crippen molar-refractivity contribution in [3.05, 3.63) is 35.1 Å². The van der Waals surface area contributed by atoms with Gasteiger partial charge in [-0.1, -0.05) is 11.6 Å². The van der Waals surface area contributed by atoms with Crippen LogP contribution in [0.5, 0.6) is 5.75 Å². The molecule has 2 aromatic rings.